The van der Waals surface area contributed by atoms with E-state index in [0.717, 1.165) is 15.4 Å². The lowest BCUT2D eigenvalue weighted by Gasteiger charge is -2.08. The minimum atomic E-state index is -3.34. The topological polar surface area (TPSA) is 88.4 Å². The number of sulfonamides is 1. The van der Waals surface area contributed by atoms with Crippen LogP contribution >= 0.6 is 15.9 Å². The number of nitrogens with one attached hydrogen (secondary N) is 2. The molecule has 27 heavy (non-hydrogen) atoms. The predicted molar refractivity (Wildman–Crippen MR) is 111 cm³/mol. The van der Waals surface area contributed by atoms with Crippen molar-refractivity contribution in [2.45, 2.75) is 20.3 Å². The molecule has 0 radical (unpaired) electrons. The van der Waals surface area contributed by atoms with Crippen LogP contribution in [0.5, 0.6) is 0 Å². The van der Waals surface area contributed by atoms with Gasteiger partial charge in [0.1, 0.15) is 5.58 Å². The Morgan fingerprint density at radius 2 is 1.78 bits per heavy atom. The largest absolute Gasteiger partial charge is 0.451 e. The number of anilines is 2. The third-order valence-electron chi connectivity index (χ3n) is 3.99. The normalized spacial score (nSPS) is 11.5. The van der Waals surface area contributed by atoms with Crippen molar-refractivity contribution >= 4 is 54.2 Å². The molecule has 0 spiro atoms. The quantitative estimate of drug-likeness (QED) is 0.558. The van der Waals surface area contributed by atoms with Gasteiger partial charge in [-0.3, -0.25) is 9.52 Å². The molecular weight excluding hydrogens is 432 g/mol. The van der Waals surface area contributed by atoms with Gasteiger partial charge in [-0.05, 0) is 55.8 Å². The van der Waals surface area contributed by atoms with Gasteiger partial charge in [-0.1, -0.05) is 22.9 Å². The summed E-state index contributed by atoms with van der Waals surface area (Å²) in [6.07, 6.45) is 0.539. The Morgan fingerprint density at radius 1 is 1.11 bits per heavy atom. The number of aryl methyl sites for hydroxylation is 1. The molecule has 0 bridgehead atoms. The van der Waals surface area contributed by atoms with Gasteiger partial charge in [0.15, 0.2) is 5.76 Å². The Kier molecular flexibility index (Phi) is 5.57. The lowest BCUT2D eigenvalue weighted by Crippen LogP contribution is -2.16. The summed E-state index contributed by atoms with van der Waals surface area (Å²) in [6.45, 7) is 3.63. The van der Waals surface area contributed by atoms with Gasteiger partial charge >= 0.3 is 0 Å². The van der Waals surface area contributed by atoms with Crippen LogP contribution in [0.25, 0.3) is 11.0 Å². The number of carbonyl (C=O) groups is 1. The number of benzene rings is 2. The first-order valence-corrected chi connectivity index (χ1v) is 10.8. The number of hydrogen-bond acceptors (Lipinski definition) is 4. The van der Waals surface area contributed by atoms with Crippen LogP contribution in [0.4, 0.5) is 11.4 Å². The molecule has 0 atom stereocenters. The van der Waals surface area contributed by atoms with Gasteiger partial charge < -0.3 is 9.73 Å². The zero-order valence-electron chi connectivity index (χ0n) is 14.9. The summed E-state index contributed by atoms with van der Waals surface area (Å²) < 4.78 is 32.7. The summed E-state index contributed by atoms with van der Waals surface area (Å²) >= 11 is 3.41. The van der Waals surface area contributed by atoms with Crippen molar-refractivity contribution in [1.82, 2.24) is 0 Å². The van der Waals surface area contributed by atoms with Crippen LogP contribution in [0.3, 0.4) is 0 Å². The maximum absolute atomic E-state index is 12.6. The van der Waals surface area contributed by atoms with Crippen molar-refractivity contribution < 1.29 is 17.6 Å². The molecule has 1 amide bonds. The van der Waals surface area contributed by atoms with Crippen LogP contribution in [-0.4, -0.2) is 20.1 Å². The maximum atomic E-state index is 12.6. The van der Waals surface area contributed by atoms with Crippen molar-refractivity contribution in [2.24, 2.45) is 0 Å². The van der Waals surface area contributed by atoms with Crippen molar-refractivity contribution in [3.63, 3.8) is 0 Å². The van der Waals surface area contributed by atoms with E-state index in [0.29, 0.717) is 23.4 Å². The van der Waals surface area contributed by atoms with Gasteiger partial charge in [0.05, 0.1) is 5.75 Å². The first-order chi connectivity index (χ1) is 12.8. The number of amides is 1. The molecule has 2 aromatic carbocycles. The third-order valence-corrected chi connectivity index (χ3v) is 5.98. The van der Waals surface area contributed by atoms with E-state index in [4.69, 9.17) is 4.42 Å². The minimum absolute atomic E-state index is 0.0624. The van der Waals surface area contributed by atoms with E-state index >= 15 is 0 Å². The van der Waals surface area contributed by atoms with Crippen molar-refractivity contribution in [3.05, 3.63) is 58.3 Å². The average molecular weight is 451 g/mol. The van der Waals surface area contributed by atoms with E-state index in [-0.39, 0.29) is 17.4 Å². The molecular formula is C19H19BrN2O4S. The molecule has 0 fully saturated rings. The molecule has 8 heteroatoms. The second kappa shape index (κ2) is 7.74. The van der Waals surface area contributed by atoms with Gasteiger partial charge in [-0.2, -0.15) is 0 Å². The number of carbonyl (C=O) groups excluding carboxylic acids is 1. The molecule has 1 aromatic heterocycles. The van der Waals surface area contributed by atoms with Gasteiger partial charge in [0, 0.05) is 26.8 Å². The molecule has 142 valence electrons. The SMILES string of the molecule is CCCS(=O)(=O)Nc1ccc(NC(=O)c2oc3ccc(Br)cc3c2C)cc1. The summed E-state index contributed by atoms with van der Waals surface area (Å²) in [5, 5.41) is 3.64. The van der Waals surface area contributed by atoms with Crippen LogP contribution in [0.2, 0.25) is 0 Å². The smallest absolute Gasteiger partial charge is 0.291 e. The highest BCUT2D eigenvalue weighted by molar-refractivity contribution is 9.10. The first kappa shape index (κ1) is 19.4. The van der Waals surface area contributed by atoms with E-state index in [1.807, 2.05) is 19.1 Å². The second-order valence-electron chi connectivity index (χ2n) is 6.15. The third kappa shape index (κ3) is 4.51. The molecule has 0 aliphatic heterocycles. The first-order valence-electron chi connectivity index (χ1n) is 8.39. The van der Waals surface area contributed by atoms with Crippen molar-refractivity contribution in [1.29, 1.82) is 0 Å². The molecule has 0 aliphatic rings. The minimum Gasteiger partial charge on any atom is -0.451 e. The number of rotatable bonds is 6. The zero-order chi connectivity index (χ0) is 19.6. The van der Waals surface area contributed by atoms with Crippen LogP contribution in [0.1, 0.15) is 29.5 Å². The molecule has 2 N–H and O–H groups in total. The molecule has 0 unspecified atom stereocenters. The molecule has 0 saturated heterocycles. The highest BCUT2D eigenvalue weighted by Gasteiger charge is 2.18. The Hall–Kier alpha value is -2.32. The van der Waals surface area contributed by atoms with Crippen molar-refractivity contribution in [3.8, 4) is 0 Å². The second-order valence-corrected chi connectivity index (χ2v) is 8.91. The van der Waals surface area contributed by atoms with Crippen LogP contribution in [0.15, 0.2) is 51.4 Å². The lowest BCUT2D eigenvalue weighted by molar-refractivity contribution is 0.0998. The number of fused-ring (bicyclic) bond motifs is 1. The van der Waals surface area contributed by atoms with Gasteiger partial charge in [0.25, 0.3) is 5.91 Å². The summed E-state index contributed by atoms with van der Waals surface area (Å²) in [7, 11) is -3.34. The number of furan rings is 1. The van der Waals surface area contributed by atoms with Gasteiger partial charge in [-0.15, -0.1) is 0 Å². The van der Waals surface area contributed by atoms with Crippen molar-refractivity contribution in [2.75, 3.05) is 15.8 Å². The van der Waals surface area contributed by atoms with Crippen LogP contribution in [0, 0.1) is 6.92 Å². The van der Waals surface area contributed by atoms with E-state index in [1.54, 1.807) is 37.3 Å². The molecule has 0 saturated carbocycles. The zero-order valence-corrected chi connectivity index (χ0v) is 17.3. The maximum Gasteiger partial charge on any atom is 0.291 e. The molecule has 0 aliphatic carbocycles. The van der Waals surface area contributed by atoms with Gasteiger partial charge in [0.2, 0.25) is 10.0 Å². The Balaban J connectivity index is 1.76. The van der Waals surface area contributed by atoms with E-state index in [9.17, 15) is 13.2 Å². The monoisotopic (exact) mass is 450 g/mol. The fourth-order valence-electron chi connectivity index (χ4n) is 2.72. The standard InChI is InChI=1S/C19H19BrN2O4S/c1-3-10-27(24,25)22-15-7-5-14(6-8-15)21-19(23)18-12(2)16-11-13(20)4-9-17(16)26-18/h4-9,11,22H,3,10H2,1-2H3,(H,21,23). The summed E-state index contributed by atoms with van der Waals surface area (Å²) in [5.41, 5.74) is 2.39. The fourth-order valence-corrected chi connectivity index (χ4v) is 4.21. The van der Waals surface area contributed by atoms with Gasteiger partial charge in [-0.25, -0.2) is 8.42 Å². The lowest BCUT2D eigenvalue weighted by atomic mass is 10.1. The molecule has 1 heterocycles. The summed E-state index contributed by atoms with van der Waals surface area (Å²) in [5.74, 6) is -0.0533. The summed E-state index contributed by atoms with van der Waals surface area (Å²) in [6, 6.07) is 12.0. The Labute approximate surface area is 166 Å². The fraction of sp³-hybridized carbons (Fsp3) is 0.211. The van der Waals surface area contributed by atoms with E-state index in [2.05, 4.69) is 26.0 Å². The van der Waals surface area contributed by atoms with Crippen LogP contribution in [-0.2, 0) is 10.0 Å². The highest BCUT2D eigenvalue weighted by Crippen LogP contribution is 2.28. The van der Waals surface area contributed by atoms with E-state index in [1.165, 1.54) is 0 Å². The number of halogens is 1. The summed E-state index contributed by atoms with van der Waals surface area (Å²) in [4.78, 5) is 12.6. The molecule has 6 nitrogen and oxygen atoms in total. The van der Waals surface area contributed by atoms with Crippen LogP contribution < -0.4 is 10.0 Å². The number of hydrogen-bond donors (Lipinski definition) is 2. The Morgan fingerprint density at radius 3 is 2.44 bits per heavy atom. The highest BCUT2D eigenvalue weighted by atomic mass is 79.9. The average Bonchev–Trinajstić information content (AvgIpc) is 2.93. The van der Waals surface area contributed by atoms with E-state index < -0.39 is 10.0 Å². The predicted octanol–water partition coefficient (Wildman–Crippen LogP) is 4.91. The Bertz CT molecular complexity index is 1090. The molecule has 3 aromatic rings. The molecule has 3 rings (SSSR count).